The fourth-order valence-electron chi connectivity index (χ4n) is 2.02. The highest BCUT2D eigenvalue weighted by molar-refractivity contribution is 7.88. The van der Waals surface area contributed by atoms with Crippen molar-refractivity contribution < 1.29 is 13.2 Å². The lowest BCUT2D eigenvalue weighted by atomic mass is 10.2. The fraction of sp³-hybridized carbons (Fsp3) is 0.235. The van der Waals surface area contributed by atoms with E-state index < -0.39 is 10.0 Å². The number of nitrogens with one attached hydrogen (secondary N) is 1. The minimum atomic E-state index is -3.49. The van der Waals surface area contributed by atoms with Gasteiger partial charge in [-0.25, -0.2) is 13.1 Å². The van der Waals surface area contributed by atoms with Crippen molar-refractivity contribution in [2.45, 2.75) is 18.8 Å². The first-order valence-corrected chi connectivity index (χ1v) is 8.82. The van der Waals surface area contributed by atoms with Crippen LogP contribution in [-0.4, -0.2) is 21.1 Å². The summed E-state index contributed by atoms with van der Waals surface area (Å²) in [6.07, 6.45) is -0.294. The molecule has 0 saturated heterocycles. The molecule has 2 rings (SSSR count). The Balaban J connectivity index is 1.89. The second-order valence-corrected chi connectivity index (χ2v) is 6.97. The lowest BCUT2D eigenvalue weighted by Crippen LogP contribution is -2.34. The van der Waals surface area contributed by atoms with Crippen molar-refractivity contribution in [1.82, 2.24) is 4.72 Å². The molecule has 0 aliphatic rings. The van der Waals surface area contributed by atoms with Gasteiger partial charge >= 0.3 is 0 Å². The molecule has 2 aromatic rings. The average Bonchev–Trinajstić information content (AvgIpc) is 2.54. The topological polar surface area (TPSA) is 79.2 Å². The molecule has 0 aromatic heterocycles. The highest BCUT2D eigenvalue weighted by Gasteiger charge is 2.14. The van der Waals surface area contributed by atoms with Crippen LogP contribution in [0.5, 0.6) is 5.75 Å². The summed E-state index contributed by atoms with van der Waals surface area (Å²) in [7, 11) is -3.49. The standard InChI is InChI=1S/C17H18N2O3S/c1-14(22-17-8-3-2-4-9-17)12-19-23(20,21)13-16-7-5-6-15(10-16)11-18/h2-10,14,19H,12-13H2,1H3/t14-/m0/s1. The van der Waals surface area contributed by atoms with Gasteiger partial charge in [0.1, 0.15) is 11.9 Å². The van der Waals surface area contributed by atoms with Gasteiger partial charge in [0.15, 0.2) is 0 Å². The van der Waals surface area contributed by atoms with Crippen molar-refractivity contribution >= 4 is 10.0 Å². The maximum Gasteiger partial charge on any atom is 0.215 e. The lowest BCUT2D eigenvalue weighted by molar-refractivity contribution is 0.225. The number of hydrogen-bond acceptors (Lipinski definition) is 4. The molecule has 0 unspecified atom stereocenters. The van der Waals surface area contributed by atoms with Crippen LogP contribution in [-0.2, 0) is 15.8 Å². The average molecular weight is 330 g/mol. The second kappa shape index (κ2) is 7.77. The molecule has 0 aliphatic carbocycles. The zero-order chi connectivity index (χ0) is 16.7. The van der Waals surface area contributed by atoms with Crippen molar-refractivity contribution in [2.75, 3.05) is 6.54 Å². The first kappa shape index (κ1) is 17.0. The zero-order valence-electron chi connectivity index (χ0n) is 12.8. The minimum Gasteiger partial charge on any atom is -0.489 e. The van der Waals surface area contributed by atoms with E-state index in [1.165, 1.54) is 0 Å². The van der Waals surface area contributed by atoms with Crippen molar-refractivity contribution in [1.29, 1.82) is 5.26 Å². The summed E-state index contributed by atoms with van der Waals surface area (Å²) in [6.45, 7) is 1.97. The molecule has 1 atom stereocenters. The van der Waals surface area contributed by atoms with E-state index in [9.17, 15) is 8.42 Å². The minimum absolute atomic E-state index is 0.166. The van der Waals surface area contributed by atoms with E-state index in [-0.39, 0.29) is 18.4 Å². The summed E-state index contributed by atoms with van der Waals surface area (Å²) < 4.78 is 32.4. The maximum atomic E-state index is 12.1. The third-order valence-corrected chi connectivity index (χ3v) is 4.40. The summed E-state index contributed by atoms with van der Waals surface area (Å²) in [4.78, 5) is 0. The van der Waals surface area contributed by atoms with Gasteiger partial charge in [-0.05, 0) is 36.8 Å². The Hall–Kier alpha value is -2.36. The summed E-state index contributed by atoms with van der Waals surface area (Å²) in [5, 5.41) is 8.85. The van der Waals surface area contributed by atoms with Gasteiger partial charge in [0.05, 0.1) is 17.4 Å². The van der Waals surface area contributed by atoms with Crippen LogP contribution in [0.1, 0.15) is 18.1 Å². The Labute approximate surface area is 136 Å². The number of para-hydroxylation sites is 1. The number of sulfonamides is 1. The Kier molecular flexibility index (Phi) is 5.74. The SMILES string of the molecule is C[C@@H](CNS(=O)(=O)Cc1cccc(C#N)c1)Oc1ccccc1. The van der Waals surface area contributed by atoms with E-state index in [0.717, 1.165) is 0 Å². The predicted octanol–water partition coefficient (Wildman–Crippen LogP) is 2.45. The van der Waals surface area contributed by atoms with Crippen LogP contribution in [0, 0.1) is 11.3 Å². The number of benzene rings is 2. The van der Waals surface area contributed by atoms with Crippen molar-refractivity contribution in [3.05, 3.63) is 65.7 Å². The van der Waals surface area contributed by atoms with Gasteiger partial charge in [0.25, 0.3) is 0 Å². The van der Waals surface area contributed by atoms with Gasteiger partial charge < -0.3 is 4.74 Å². The Bertz CT molecular complexity index is 783. The van der Waals surface area contributed by atoms with Crippen LogP contribution in [0.3, 0.4) is 0 Å². The monoisotopic (exact) mass is 330 g/mol. The lowest BCUT2D eigenvalue weighted by Gasteiger charge is -2.15. The number of nitriles is 1. The smallest absolute Gasteiger partial charge is 0.215 e. The Morgan fingerprint density at radius 3 is 2.61 bits per heavy atom. The molecule has 2 aromatic carbocycles. The van der Waals surface area contributed by atoms with Crippen LogP contribution < -0.4 is 9.46 Å². The molecular weight excluding hydrogens is 312 g/mol. The molecule has 0 spiro atoms. The van der Waals surface area contributed by atoms with Gasteiger partial charge in [-0.1, -0.05) is 30.3 Å². The Morgan fingerprint density at radius 2 is 1.91 bits per heavy atom. The first-order chi connectivity index (χ1) is 11.0. The molecule has 120 valence electrons. The fourth-order valence-corrected chi connectivity index (χ4v) is 3.23. The molecule has 0 radical (unpaired) electrons. The summed E-state index contributed by atoms with van der Waals surface area (Å²) in [5.41, 5.74) is 1.02. The molecule has 0 fully saturated rings. The van der Waals surface area contributed by atoms with Crippen LogP contribution in [0.25, 0.3) is 0 Å². The predicted molar refractivity (Wildman–Crippen MR) is 88.3 cm³/mol. The summed E-state index contributed by atoms with van der Waals surface area (Å²) >= 11 is 0. The highest BCUT2D eigenvalue weighted by atomic mass is 32.2. The molecule has 0 aliphatic heterocycles. The van der Waals surface area contributed by atoms with Crippen LogP contribution in [0.15, 0.2) is 54.6 Å². The maximum absolute atomic E-state index is 12.1. The third-order valence-electron chi connectivity index (χ3n) is 3.08. The van der Waals surface area contributed by atoms with Gasteiger partial charge in [-0.3, -0.25) is 0 Å². The van der Waals surface area contributed by atoms with Crippen molar-refractivity contribution in [3.8, 4) is 11.8 Å². The number of nitrogens with zero attached hydrogens (tertiary/aromatic N) is 1. The largest absolute Gasteiger partial charge is 0.489 e. The van der Waals surface area contributed by atoms with Crippen LogP contribution in [0.2, 0.25) is 0 Å². The van der Waals surface area contributed by atoms with Gasteiger partial charge in [0.2, 0.25) is 10.0 Å². The first-order valence-electron chi connectivity index (χ1n) is 7.16. The number of ether oxygens (including phenoxy) is 1. The molecule has 0 heterocycles. The van der Waals surface area contributed by atoms with Crippen molar-refractivity contribution in [2.24, 2.45) is 0 Å². The normalized spacial score (nSPS) is 12.3. The van der Waals surface area contributed by atoms with Crippen LogP contribution in [0.4, 0.5) is 0 Å². The molecule has 5 nitrogen and oxygen atoms in total. The van der Waals surface area contributed by atoms with Crippen LogP contribution >= 0.6 is 0 Å². The van der Waals surface area contributed by atoms with E-state index in [1.807, 2.05) is 36.4 Å². The zero-order valence-corrected chi connectivity index (χ0v) is 13.6. The molecule has 6 heteroatoms. The quantitative estimate of drug-likeness (QED) is 0.845. The Morgan fingerprint density at radius 1 is 1.17 bits per heavy atom. The molecular formula is C17H18N2O3S. The molecule has 0 amide bonds. The van der Waals surface area contributed by atoms with E-state index >= 15 is 0 Å². The van der Waals surface area contributed by atoms with E-state index in [1.54, 1.807) is 31.2 Å². The summed E-state index contributed by atoms with van der Waals surface area (Å²) in [5.74, 6) is 0.529. The van der Waals surface area contributed by atoms with E-state index in [0.29, 0.717) is 16.9 Å². The number of hydrogen-bond donors (Lipinski definition) is 1. The van der Waals surface area contributed by atoms with E-state index in [4.69, 9.17) is 10.00 Å². The molecule has 0 bridgehead atoms. The molecule has 1 N–H and O–H groups in total. The van der Waals surface area contributed by atoms with Gasteiger partial charge in [-0.2, -0.15) is 5.26 Å². The second-order valence-electron chi connectivity index (χ2n) is 5.16. The van der Waals surface area contributed by atoms with Gasteiger partial charge in [-0.15, -0.1) is 0 Å². The summed E-state index contributed by atoms with van der Waals surface area (Å²) in [6, 6.07) is 17.8. The van der Waals surface area contributed by atoms with E-state index in [2.05, 4.69) is 4.72 Å². The van der Waals surface area contributed by atoms with Crippen molar-refractivity contribution in [3.63, 3.8) is 0 Å². The molecule has 23 heavy (non-hydrogen) atoms. The highest BCUT2D eigenvalue weighted by Crippen LogP contribution is 2.11. The number of rotatable bonds is 7. The third kappa shape index (κ3) is 5.74. The van der Waals surface area contributed by atoms with Gasteiger partial charge in [0, 0.05) is 6.54 Å². The molecule has 0 saturated carbocycles.